The number of nitrogens with zero attached hydrogens (tertiary/aromatic N) is 4. The lowest BCUT2D eigenvalue weighted by atomic mass is 10.0. The third-order valence-electron chi connectivity index (χ3n) is 8.99. The summed E-state index contributed by atoms with van der Waals surface area (Å²) >= 11 is 0. The average Bonchev–Trinajstić information content (AvgIpc) is 3.42. The Kier molecular flexibility index (Phi) is 10.8. The molecule has 13 heteroatoms. The second kappa shape index (κ2) is 15.4. The Morgan fingerprint density at radius 2 is 1.64 bits per heavy atom. The minimum atomic E-state index is -3.82. The van der Waals surface area contributed by atoms with Crippen molar-refractivity contribution in [1.82, 2.24) is 29.0 Å². The number of amides is 2. The standard InChI is InChI=1S/C37H44N6O6S/c1-27(2)39-33(44)26-49-31-15-9-11-28(23-31)24-42-35(36(45)40-21-18-38-19-22-40)34(29-12-5-3-6-13-29)43(37(42)46)30-14-10-20-41(25-30)50(47,48)32-16-7-4-8-17-32/h3-9,11-13,15-17,23,27,30,38H,10,14,18-22,24-26H2,1-2H3,(H,39,44). The number of hydrogen-bond acceptors (Lipinski definition) is 7. The maximum absolute atomic E-state index is 14.8. The third kappa shape index (κ3) is 7.69. The number of carbonyl (C=O) groups excluding carboxylic acids is 2. The average molecular weight is 701 g/mol. The normalized spacial score (nSPS) is 17.1. The molecular formula is C37H44N6O6S. The van der Waals surface area contributed by atoms with Crippen molar-refractivity contribution < 1.29 is 22.7 Å². The highest BCUT2D eigenvalue weighted by Gasteiger charge is 2.37. The van der Waals surface area contributed by atoms with E-state index in [-0.39, 0.29) is 48.1 Å². The number of ether oxygens (including phenoxy) is 1. The number of sulfonamides is 1. The summed E-state index contributed by atoms with van der Waals surface area (Å²) in [6, 6.07) is 24.3. The molecule has 0 bridgehead atoms. The van der Waals surface area contributed by atoms with E-state index >= 15 is 0 Å². The molecule has 0 radical (unpaired) electrons. The summed E-state index contributed by atoms with van der Waals surface area (Å²) in [5.74, 6) is -0.0457. The van der Waals surface area contributed by atoms with Crippen molar-refractivity contribution in [2.45, 2.75) is 50.2 Å². The lowest BCUT2D eigenvalue weighted by molar-refractivity contribution is -0.123. The molecule has 3 aromatic carbocycles. The van der Waals surface area contributed by atoms with Gasteiger partial charge in [-0.25, -0.2) is 13.2 Å². The van der Waals surface area contributed by atoms with E-state index in [2.05, 4.69) is 10.6 Å². The van der Waals surface area contributed by atoms with Crippen LogP contribution in [0.3, 0.4) is 0 Å². The minimum absolute atomic E-state index is 0.0199. The van der Waals surface area contributed by atoms with Gasteiger partial charge in [0.2, 0.25) is 10.0 Å². The van der Waals surface area contributed by atoms with Gasteiger partial charge in [-0.2, -0.15) is 4.31 Å². The molecule has 2 aliphatic heterocycles. The second-order valence-corrected chi connectivity index (χ2v) is 14.9. The molecule has 2 N–H and O–H groups in total. The fourth-order valence-electron chi connectivity index (χ4n) is 6.68. The van der Waals surface area contributed by atoms with Crippen LogP contribution in [0.5, 0.6) is 5.75 Å². The first kappa shape index (κ1) is 35.1. The third-order valence-corrected chi connectivity index (χ3v) is 10.9. The van der Waals surface area contributed by atoms with E-state index in [9.17, 15) is 22.8 Å². The van der Waals surface area contributed by atoms with Crippen molar-refractivity contribution in [3.63, 3.8) is 0 Å². The SMILES string of the molecule is CC(C)NC(=O)COc1cccc(Cn2c(C(=O)N3CCNCC3)c(-c3ccccc3)n(C3CCCN(S(=O)(=O)c4ccccc4)C3)c2=O)c1. The van der Waals surface area contributed by atoms with E-state index in [0.29, 0.717) is 68.1 Å². The van der Waals surface area contributed by atoms with E-state index in [1.54, 1.807) is 58.0 Å². The van der Waals surface area contributed by atoms with Crippen LogP contribution in [-0.4, -0.2) is 90.5 Å². The van der Waals surface area contributed by atoms with Crippen LogP contribution >= 0.6 is 0 Å². The van der Waals surface area contributed by atoms with Gasteiger partial charge in [-0.3, -0.25) is 18.7 Å². The van der Waals surface area contributed by atoms with Gasteiger partial charge in [0.05, 0.1) is 23.2 Å². The molecule has 0 aliphatic carbocycles. The number of piperidine rings is 1. The number of aromatic nitrogens is 2. The molecule has 6 rings (SSSR count). The Labute approximate surface area is 292 Å². The summed E-state index contributed by atoms with van der Waals surface area (Å²) in [7, 11) is -3.82. The van der Waals surface area contributed by atoms with Crippen molar-refractivity contribution in [3.05, 3.63) is 107 Å². The Hall–Kier alpha value is -4.72. The smallest absolute Gasteiger partial charge is 0.329 e. The van der Waals surface area contributed by atoms with Crippen LogP contribution in [0.15, 0.2) is 94.6 Å². The van der Waals surface area contributed by atoms with Crippen LogP contribution in [0.25, 0.3) is 11.3 Å². The number of piperazine rings is 1. The molecule has 1 aromatic heterocycles. The highest BCUT2D eigenvalue weighted by Crippen LogP contribution is 2.33. The Morgan fingerprint density at radius 1 is 0.940 bits per heavy atom. The topological polar surface area (TPSA) is 135 Å². The Bertz CT molecular complexity index is 1970. The fraction of sp³-hybridized carbons (Fsp3) is 0.378. The molecule has 2 amide bonds. The molecule has 264 valence electrons. The van der Waals surface area contributed by atoms with E-state index < -0.39 is 21.8 Å². The van der Waals surface area contributed by atoms with Crippen LogP contribution in [-0.2, 0) is 21.4 Å². The van der Waals surface area contributed by atoms with Gasteiger partial charge in [0.15, 0.2) is 6.61 Å². The van der Waals surface area contributed by atoms with Gasteiger partial charge in [0.1, 0.15) is 11.4 Å². The largest absolute Gasteiger partial charge is 0.484 e. The van der Waals surface area contributed by atoms with Gasteiger partial charge < -0.3 is 20.3 Å². The van der Waals surface area contributed by atoms with Gasteiger partial charge in [0.25, 0.3) is 11.8 Å². The summed E-state index contributed by atoms with van der Waals surface area (Å²) < 4.78 is 37.9. The number of rotatable bonds is 11. The van der Waals surface area contributed by atoms with Gasteiger partial charge >= 0.3 is 5.69 Å². The molecule has 2 aliphatic rings. The zero-order valence-electron chi connectivity index (χ0n) is 28.5. The molecule has 0 spiro atoms. The van der Waals surface area contributed by atoms with Crippen LogP contribution in [0.2, 0.25) is 0 Å². The van der Waals surface area contributed by atoms with Gasteiger partial charge in [-0.15, -0.1) is 0 Å². The van der Waals surface area contributed by atoms with Crippen LogP contribution in [0.1, 0.15) is 48.8 Å². The van der Waals surface area contributed by atoms with Gasteiger partial charge in [-0.1, -0.05) is 60.7 Å². The number of carbonyl (C=O) groups is 2. The van der Waals surface area contributed by atoms with Gasteiger partial charge in [0, 0.05) is 50.9 Å². The Balaban J connectivity index is 1.44. The monoisotopic (exact) mass is 700 g/mol. The van der Waals surface area contributed by atoms with Crippen LogP contribution in [0.4, 0.5) is 0 Å². The highest BCUT2D eigenvalue weighted by molar-refractivity contribution is 7.89. The molecule has 4 aromatic rings. The first-order valence-corrected chi connectivity index (χ1v) is 18.5. The van der Waals surface area contributed by atoms with Crippen molar-refractivity contribution >= 4 is 21.8 Å². The molecule has 1 atom stereocenters. The molecule has 2 saturated heterocycles. The number of nitrogens with one attached hydrogen (secondary N) is 2. The van der Waals surface area contributed by atoms with Crippen LogP contribution < -0.4 is 21.1 Å². The van der Waals surface area contributed by atoms with Crippen molar-refractivity contribution in [2.75, 3.05) is 45.9 Å². The second-order valence-electron chi connectivity index (χ2n) is 13.0. The fourth-order valence-corrected chi connectivity index (χ4v) is 8.21. The predicted octanol–water partition coefficient (Wildman–Crippen LogP) is 3.34. The number of benzene rings is 3. The first-order chi connectivity index (χ1) is 24.1. The highest BCUT2D eigenvalue weighted by atomic mass is 32.2. The quantitative estimate of drug-likeness (QED) is 0.245. The zero-order chi connectivity index (χ0) is 35.3. The van der Waals surface area contributed by atoms with Crippen molar-refractivity contribution in [1.29, 1.82) is 0 Å². The maximum Gasteiger partial charge on any atom is 0.329 e. The van der Waals surface area contributed by atoms with Gasteiger partial charge in [-0.05, 0) is 56.5 Å². The molecular weight excluding hydrogens is 657 g/mol. The predicted molar refractivity (Wildman–Crippen MR) is 191 cm³/mol. The Morgan fingerprint density at radius 3 is 2.34 bits per heavy atom. The van der Waals surface area contributed by atoms with E-state index in [1.807, 2.05) is 50.2 Å². The van der Waals surface area contributed by atoms with Crippen molar-refractivity contribution in [3.8, 4) is 17.0 Å². The lowest BCUT2D eigenvalue weighted by Gasteiger charge is -2.33. The molecule has 0 saturated carbocycles. The lowest BCUT2D eigenvalue weighted by Crippen LogP contribution is -2.47. The summed E-state index contributed by atoms with van der Waals surface area (Å²) in [6.07, 6.45) is 1.11. The maximum atomic E-state index is 14.8. The summed E-state index contributed by atoms with van der Waals surface area (Å²) in [6.45, 7) is 6.31. The first-order valence-electron chi connectivity index (χ1n) is 17.1. The van der Waals surface area contributed by atoms with E-state index in [0.717, 1.165) is 0 Å². The molecule has 12 nitrogen and oxygen atoms in total. The molecule has 1 unspecified atom stereocenters. The molecule has 50 heavy (non-hydrogen) atoms. The van der Waals surface area contributed by atoms with E-state index in [4.69, 9.17) is 4.74 Å². The molecule has 3 heterocycles. The minimum Gasteiger partial charge on any atom is -0.484 e. The summed E-state index contributed by atoms with van der Waals surface area (Å²) in [5, 5.41) is 6.09. The van der Waals surface area contributed by atoms with E-state index in [1.165, 1.54) is 8.87 Å². The number of hydrogen-bond donors (Lipinski definition) is 2. The summed E-state index contributed by atoms with van der Waals surface area (Å²) in [5.41, 5.74) is 1.73. The van der Waals surface area contributed by atoms with Crippen molar-refractivity contribution in [2.24, 2.45) is 0 Å². The zero-order valence-corrected chi connectivity index (χ0v) is 29.3. The van der Waals surface area contributed by atoms with Crippen LogP contribution in [0, 0.1) is 0 Å². The number of imidazole rings is 1. The molecule has 2 fully saturated rings. The summed E-state index contributed by atoms with van der Waals surface area (Å²) in [4.78, 5) is 43.5.